The number of carbonyl (C=O) groups is 1. The predicted octanol–water partition coefficient (Wildman–Crippen LogP) is 2.27. The molecule has 1 heterocycles. The lowest BCUT2D eigenvalue weighted by Crippen LogP contribution is -2.27. The second-order valence-corrected chi connectivity index (χ2v) is 4.28. The number of aromatic amines is 1. The highest BCUT2D eigenvalue weighted by atomic mass is 19.1. The van der Waals surface area contributed by atoms with Gasteiger partial charge in [-0.05, 0) is 18.6 Å². The van der Waals surface area contributed by atoms with Gasteiger partial charge in [0.05, 0.1) is 12.1 Å². The fraction of sp³-hybridized carbons (Fsp3) is 0.231. The number of hydrogen-bond acceptors (Lipinski definition) is 2. The van der Waals surface area contributed by atoms with Crippen LogP contribution in [0.4, 0.5) is 8.78 Å². The van der Waals surface area contributed by atoms with Crippen LogP contribution in [0.3, 0.4) is 0 Å². The molecule has 0 aliphatic carbocycles. The number of benzene rings is 1. The number of aromatic nitrogens is 2. The van der Waals surface area contributed by atoms with Crippen LogP contribution in [0.2, 0.25) is 0 Å². The first-order valence-corrected chi connectivity index (χ1v) is 5.68. The van der Waals surface area contributed by atoms with Gasteiger partial charge in [-0.1, -0.05) is 0 Å². The maximum Gasteiger partial charge on any atom is 0.256 e. The summed E-state index contributed by atoms with van der Waals surface area (Å²) >= 11 is 0. The number of amides is 1. The maximum absolute atomic E-state index is 13.6. The molecule has 6 heteroatoms. The Labute approximate surface area is 109 Å². The smallest absolute Gasteiger partial charge is 0.256 e. The van der Waals surface area contributed by atoms with E-state index in [9.17, 15) is 13.6 Å². The van der Waals surface area contributed by atoms with Gasteiger partial charge < -0.3 is 9.88 Å². The summed E-state index contributed by atoms with van der Waals surface area (Å²) in [5, 5.41) is 0. The third kappa shape index (κ3) is 2.78. The molecule has 1 aromatic heterocycles. The van der Waals surface area contributed by atoms with Crippen molar-refractivity contribution in [1.82, 2.24) is 14.9 Å². The van der Waals surface area contributed by atoms with Crippen LogP contribution in [0, 0.1) is 18.6 Å². The highest BCUT2D eigenvalue weighted by molar-refractivity contribution is 5.94. The lowest BCUT2D eigenvalue weighted by atomic mass is 10.1. The summed E-state index contributed by atoms with van der Waals surface area (Å²) in [4.78, 5) is 20.2. The molecular formula is C13H13F2N3O. The van der Waals surface area contributed by atoms with Gasteiger partial charge >= 0.3 is 0 Å². The van der Waals surface area contributed by atoms with E-state index >= 15 is 0 Å². The average molecular weight is 265 g/mol. The van der Waals surface area contributed by atoms with E-state index in [1.807, 2.05) is 0 Å². The SMILES string of the molecule is Cc1cc(C(=O)N(C)Cc2ncc[nH]2)c(F)cc1F. The molecule has 2 rings (SSSR count). The van der Waals surface area contributed by atoms with Gasteiger partial charge in [0.25, 0.3) is 5.91 Å². The summed E-state index contributed by atoms with van der Waals surface area (Å²) in [5.74, 6) is -1.45. The number of nitrogens with one attached hydrogen (secondary N) is 1. The minimum atomic E-state index is -0.862. The molecule has 1 aromatic carbocycles. The number of carbonyl (C=O) groups excluding carboxylic acids is 1. The van der Waals surface area contributed by atoms with Crippen molar-refractivity contribution >= 4 is 5.91 Å². The summed E-state index contributed by atoms with van der Waals surface area (Å²) in [7, 11) is 1.53. The first-order valence-electron chi connectivity index (χ1n) is 5.68. The largest absolute Gasteiger partial charge is 0.347 e. The Bertz CT molecular complexity index is 596. The van der Waals surface area contributed by atoms with Crippen LogP contribution in [0.5, 0.6) is 0 Å². The standard InChI is InChI=1S/C13H13F2N3O/c1-8-5-9(11(15)6-10(8)14)13(19)18(2)7-12-16-3-4-17-12/h3-6H,7H2,1-2H3,(H,16,17). The highest BCUT2D eigenvalue weighted by Crippen LogP contribution is 2.16. The third-order valence-electron chi connectivity index (χ3n) is 2.77. The fourth-order valence-corrected chi connectivity index (χ4v) is 1.71. The van der Waals surface area contributed by atoms with E-state index in [2.05, 4.69) is 9.97 Å². The van der Waals surface area contributed by atoms with E-state index in [1.165, 1.54) is 24.9 Å². The summed E-state index contributed by atoms with van der Waals surface area (Å²) in [6.07, 6.45) is 3.20. The van der Waals surface area contributed by atoms with Crippen molar-refractivity contribution in [2.45, 2.75) is 13.5 Å². The van der Waals surface area contributed by atoms with Crippen LogP contribution >= 0.6 is 0 Å². The molecular weight excluding hydrogens is 252 g/mol. The molecule has 0 saturated carbocycles. The number of H-pyrrole nitrogens is 1. The molecule has 0 aliphatic heterocycles. The molecule has 100 valence electrons. The molecule has 0 fully saturated rings. The Hall–Kier alpha value is -2.24. The van der Waals surface area contributed by atoms with Gasteiger partial charge in [0.1, 0.15) is 17.5 Å². The molecule has 1 N–H and O–H groups in total. The third-order valence-corrected chi connectivity index (χ3v) is 2.77. The Kier molecular flexibility index (Phi) is 3.59. The summed E-state index contributed by atoms with van der Waals surface area (Å²) < 4.78 is 26.8. The molecule has 1 amide bonds. The van der Waals surface area contributed by atoms with Crippen LogP contribution in [0.1, 0.15) is 21.7 Å². The van der Waals surface area contributed by atoms with Crippen molar-refractivity contribution < 1.29 is 13.6 Å². The first kappa shape index (κ1) is 13.2. The zero-order chi connectivity index (χ0) is 14.0. The summed E-state index contributed by atoms with van der Waals surface area (Å²) in [6.45, 7) is 1.71. The van der Waals surface area contributed by atoms with Gasteiger partial charge in [0, 0.05) is 25.5 Å². The first-order chi connectivity index (χ1) is 8.99. The number of hydrogen-bond donors (Lipinski definition) is 1. The van der Waals surface area contributed by atoms with Crippen LogP contribution < -0.4 is 0 Å². The molecule has 0 atom stereocenters. The highest BCUT2D eigenvalue weighted by Gasteiger charge is 2.18. The van der Waals surface area contributed by atoms with Crippen molar-refractivity contribution in [2.24, 2.45) is 0 Å². The normalized spacial score (nSPS) is 10.5. The summed E-state index contributed by atoms with van der Waals surface area (Å²) in [5.41, 5.74) is 0.0871. The Morgan fingerprint density at radius 1 is 1.37 bits per heavy atom. The second kappa shape index (κ2) is 5.17. The minimum absolute atomic E-state index is 0.145. The van der Waals surface area contributed by atoms with Gasteiger partial charge in [-0.3, -0.25) is 4.79 Å². The maximum atomic E-state index is 13.6. The van der Waals surface area contributed by atoms with Crippen molar-refractivity contribution in [3.63, 3.8) is 0 Å². The number of halogens is 2. The second-order valence-electron chi connectivity index (χ2n) is 4.28. The topological polar surface area (TPSA) is 49.0 Å². The van der Waals surface area contributed by atoms with E-state index in [4.69, 9.17) is 0 Å². The Morgan fingerprint density at radius 2 is 2.11 bits per heavy atom. The van der Waals surface area contributed by atoms with Gasteiger partial charge in [-0.2, -0.15) is 0 Å². The lowest BCUT2D eigenvalue weighted by molar-refractivity contribution is 0.0777. The van der Waals surface area contributed by atoms with Gasteiger partial charge in [-0.25, -0.2) is 13.8 Å². The zero-order valence-corrected chi connectivity index (χ0v) is 10.6. The molecule has 0 bridgehead atoms. The van der Waals surface area contributed by atoms with Gasteiger partial charge in [0.15, 0.2) is 0 Å². The van der Waals surface area contributed by atoms with Crippen molar-refractivity contribution in [1.29, 1.82) is 0 Å². The summed E-state index contributed by atoms with van der Waals surface area (Å²) in [6, 6.07) is 1.94. The number of aryl methyl sites for hydroxylation is 1. The number of imidazole rings is 1. The van der Waals surface area contributed by atoms with Crippen LogP contribution in [0.15, 0.2) is 24.5 Å². The molecule has 4 nitrogen and oxygen atoms in total. The Morgan fingerprint density at radius 3 is 2.74 bits per heavy atom. The van der Waals surface area contributed by atoms with Gasteiger partial charge in [-0.15, -0.1) is 0 Å². The Balaban J connectivity index is 2.21. The monoisotopic (exact) mass is 265 g/mol. The molecule has 0 unspecified atom stereocenters. The van der Waals surface area contributed by atoms with Crippen molar-refractivity contribution in [2.75, 3.05) is 7.05 Å². The fourth-order valence-electron chi connectivity index (χ4n) is 1.71. The van der Waals surface area contributed by atoms with Crippen molar-refractivity contribution in [3.8, 4) is 0 Å². The predicted molar refractivity (Wildman–Crippen MR) is 65.5 cm³/mol. The van der Waals surface area contributed by atoms with Gasteiger partial charge in [0.2, 0.25) is 0 Å². The van der Waals surface area contributed by atoms with Crippen LogP contribution in [-0.2, 0) is 6.54 Å². The molecule has 0 radical (unpaired) electrons. The number of nitrogens with zero attached hydrogens (tertiary/aromatic N) is 2. The zero-order valence-electron chi connectivity index (χ0n) is 10.6. The molecule has 0 spiro atoms. The van der Waals surface area contributed by atoms with E-state index in [-0.39, 0.29) is 17.7 Å². The average Bonchev–Trinajstić information content (AvgIpc) is 2.85. The van der Waals surface area contributed by atoms with Crippen LogP contribution in [-0.4, -0.2) is 27.8 Å². The van der Waals surface area contributed by atoms with E-state index in [1.54, 1.807) is 12.4 Å². The van der Waals surface area contributed by atoms with E-state index < -0.39 is 17.5 Å². The van der Waals surface area contributed by atoms with E-state index in [0.717, 1.165) is 6.07 Å². The molecule has 19 heavy (non-hydrogen) atoms. The minimum Gasteiger partial charge on any atom is -0.347 e. The number of rotatable bonds is 3. The molecule has 0 saturated heterocycles. The quantitative estimate of drug-likeness (QED) is 0.925. The van der Waals surface area contributed by atoms with Crippen LogP contribution in [0.25, 0.3) is 0 Å². The lowest BCUT2D eigenvalue weighted by Gasteiger charge is -2.16. The van der Waals surface area contributed by atoms with Crippen molar-refractivity contribution in [3.05, 3.63) is 53.1 Å². The molecule has 2 aromatic rings. The van der Waals surface area contributed by atoms with E-state index in [0.29, 0.717) is 5.82 Å². The molecule has 0 aliphatic rings.